The van der Waals surface area contributed by atoms with E-state index in [4.69, 9.17) is 24.7 Å². The van der Waals surface area contributed by atoms with Gasteiger partial charge in [-0.3, -0.25) is 9.69 Å². The number of hydrogen-bond donors (Lipinski definition) is 1. The summed E-state index contributed by atoms with van der Waals surface area (Å²) in [4.78, 5) is 13.9. The van der Waals surface area contributed by atoms with Crippen LogP contribution in [0.4, 0.5) is 0 Å². The molecule has 2 aromatic carbocycles. The average Bonchev–Trinajstić information content (AvgIpc) is 3.02. The molecule has 3 rings (SSSR count). The third-order valence-electron chi connectivity index (χ3n) is 5.19. The van der Waals surface area contributed by atoms with E-state index in [9.17, 15) is 4.79 Å². The Labute approximate surface area is 177 Å². The summed E-state index contributed by atoms with van der Waals surface area (Å²) >= 11 is 0. The molecule has 1 heterocycles. The van der Waals surface area contributed by atoms with E-state index < -0.39 is 12.0 Å². The van der Waals surface area contributed by atoms with Gasteiger partial charge in [-0.15, -0.1) is 0 Å². The molecule has 2 aromatic rings. The Bertz CT molecular complexity index is 840. The largest absolute Gasteiger partial charge is 0.496 e. The molecule has 30 heavy (non-hydrogen) atoms. The highest BCUT2D eigenvalue weighted by Gasteiger charge is 2.19. The first kappa shape index (κ1) is 21.9. The van der Waals surface area contributed by atoms with Crippen LogP contribution in [0.3, 0.4) is 0 Å². The Morgan fingerprint density at radius 1 is 1.10 bits per heavy atom. The summed E-state index contributed by atoms with van der Waals surface area (Å²) in [6, 6.07) is 11.6. The summed E-state index contributed by atoms with van der Waals surface area (Å²) in [6.45, 7) is 5.59. The third kappa shape index (κ3) is 5.23. The zero-order chi connectivity index (χ0) is 21.5. The maximum atomic E-state index is 11.5. The fourth-order valence-corrected chi connectivity index (χ4v) is 3.55. The van der Waals surface area contributed by atoms with E-state index in [1.807, 2.05) is 30.3 Å². The minimum Gasteiger partial charge on any atom is -0.496 e. The molecule has 1 aliphatic rings. The van der Waals surface area contributed by atoms with Crippen LogP contribution < -0.4 is 19.9 Å². The molecule has 1 fully saturated rings. The van der Waals surface area contributed by atoms with Crippen molar-refractivity contribution in [3.63, 3.8) is 0 Å². The van der Waals surface area contributed by atoms with Crippen LogP contribution in [0.1, 0.15) is 18.9 Å². The number of carbonyl (C=O) groups excluding carboxylic acids is 1. The molecule has 0 bridgehead atoms. The monoisotopic (exact) mass is 414 g/mol. The third-order valence-corrected chi connectivity index (χ3v) is 5.19. The van der Waals surface area contributed by atoms with Gasteiger partial charge in [-0.05, 0) is 43.2 Å². The van der Waals surface area contributed by atoms with E-state index in [0.29, 0.717) is 18.9 Å². The molecule has 0 spiro atoms. The predicted octanol–water partition coefficient (Wildman–Crippen LogP) is 2.85. The summed E-state index contributed by atoms with van der Waals surface area (Å²) in [5.74, 6) is 1.59. The Hall–Kier alpha value is -2.77. The molecular formula is C23H30N2O5. The van der Waals surface area contributed by atoms with Crippen LogP contribution in [0.5, 0.6) is 17.2 Å². The van der Waals surface area contributed by atoms with E-state index in [-0.39, 0.29) is 0 Å². The second-order valence-electron chi connectivity index (χ2n) is 7.26. The number of rotatable bonds is 8. The first-order valence-electron chi connectivity index (χ1n) is 10.1. The molecule has 0 aromatic heterocycles. The van der Waals surface area contributed by atoms with Crippen LogP contribution in [-0.2, 0) is 16.1 Å². The van der Waals surface area contributed by atoms with Gasteiger partial charge in [-0.25, -0.2) is 0 Å². The molecule has 2 N–H and O–H groups in total. The van der Waals surface area contributed by atoms with Crippen molar-refractivity contribution in [2.45, 2.75) is 26.0 Å². The van der Waals surface area contributed by atoms with E-state index in [1.165, 1.54) is 0 Å². The maximum Gasteiger partial charge on any atom is 0.258 e. The highest BCUT2D eigenvalue weighted by atomic mass is 16.5. The number of primary amides is 1. The summed E-state index contributed by atoms with van der Waals surface area (Å²) in [5, 5.41) is 0. The van der Waals surface area contributed by atoms with Crippen LogP contribution >= 0.6 is 0 Å². The van der Waals surface area contributed by atoms with Crippen molar-refractivity contribution < 1.29 is 23.7 Å². The molecular weight excluding hydrogens is 384 g/mol. The Kier molecular flexibility index (Phi) is 7.54. The van der Waals surface area contributed by atoms with Crippen molar-refractivity contribution in [2.75, 3.05) is 40.5 Å². The molecule has 162 valence electrons. The van der Waals surface area contributed by atoms with Gasteiger partial charge in [0.05, 0.1) is 26.4 Å². The quantitative estimate of drug-likeness (QED) is 0.715. The smallest absolute Gasteiger partial charge is 0.258 e. The summed E-state index contributed by atoms with van der Waals surface area (Å²) in [6.07, 6.45) is 0.260. The maximum absolute atomic E-state index is 11.5. The van der Waals surface area contributed by atoms with E-state index >= 15 is 0 Å². The van der Waals surface area contributed by atoms with Crippen molar-refractivity contribution in [1.82, 2.24) is 4.90 Å². The summed E-state index contributed by atoms with van der Waals surface area (Å²) < 4.78 is 22.6. The van der Waals surface area contributed by atoms with Gasteiger partial charge in [0.2, 0.25) is 0 Å². The fourth-order valence-electron chi connectivity index (χ4n) is 3.55. The highest BCUT2D eigenvalue weighted by molar-refractivity contribution is 5.79. The van der Waals surface area contributed by atoms with Gasteiger partial charge in [-0.2, -0.15) is 0 Å². The van der Waals surface area contributed by atoms with E-state index in [2.05, 4.69) is 11.0 Å². The standard InChI is InChI=1S/C23H30N2O5/c1-16(23(24)26)30-19-9-8-17(22-20(27-2)6-4-7-21(22)28-3)14-18(19)15-25-10-5-12-29-13-11-25/h4,6-9,14,16H,5,10-13,15H2,1-3H3,(H2,24,26). The molecule has 1 aliphatic heterocycles. The topological polar surface area (TPSA) is 83.2 Å². The van der Waals surface area contributed by atoms with Crippen LogP contribution in [0.25, 0.3) is 11.1 Å². The second kappa shape index (κ2) is 10.3. The molecule has 7 heteroatoms. The highest BCUT2D eigenvalue weighted by Crippen LogP contribution is 2.40. The lowest BCUT2D eigenvalue weighted by Crippen LogP contribution is -2.31. The van der Waals surface area contributed by atoms with Gasteiger partial charge in [0.15, 0.2) is 6.10 Å². The Morgan fingerprint density at radius 2 is 1.83 bits per heavy atom. The molecule has 0 aliphatic carbocycles. The molecule has 7 nitrogen and oxygen atoms in total. The van der Waals surface area contributed by atoms with Gasteiger partial charge < -0.3 is 24.7 Å². The van der Waals surface area contributed by atoms with E-state index in [1.54, 1.807) is 21.1 Å². The van der Waals surface area contributed by atoms with Crippen molar-refractivity contribution in [3.8, 4) is 28.4 Å². The van der Waals surface area contributed by atoms with Crippen LogP contribution in [0, 0.1) is 0 Å². The predicted molar refractivity (Wildman–Crippen MR) is 115 cm³/mol. The number of nitrogens with two attached hydrogens (primary N) is 1. The Morgan fingerprint density at radius 3 is 2.50 bits per heavy atom. The molecule has 1 unspecified atom stereocenters. The zero-order valence-electron chi connectivity index (χ0n) is 17.8. The number of ether oxygens (including phenoxy) is 4. The first-order chi connectivity index (χ1) is 14.5. The van der Waals surface area contributed by atoms with Crippen molar-refractivity contribution in [3.05, 3.63) is 42.0 Å². The zero-order valence-corrected chi connectivity index (χ0v) is 17.8. The van der Waals surface area contributed by atoms with Crippen LogP contribution in [0.15, 0.2) is 36.4 Å². The molecule has 1 atom stereocenters. The lowest BCUT2D eigenvalue weighted by molar-refractivity contribution is -0.124. The van der Waals surface area contributed by atoms with Gasteiger partial charge >= 0.3 is 0 Å². The van der Waals surface area contributed by atoms with Gasteiger partial charge in [0.25, 0.3) is 5.91 Å². The fraction of sp³-hybridized carbons (Fsp3) is 0.435. The number of carbonyl (C=O) groups is 1. The molecule has 1 amide bonds. The van der Waals surface area contributed by atoms with E-state index in [0.717, 1.165) is 54.3 Å². The number of nitrogens with zero attached hydrogens (tertiary/aromatic N) is 1. The van der Waals surface area contributed by atoms with Crippen molar-refractivity contribution in [2.24, 2.45) is 5.73 Å². The number of amides is 1. The van der Waals surface area contributed by atoms with Gasteiger partial charge in [-0.1, -0.05) is 12.1 Å². The van der Waals surface area contributed by atoms with Gasteiger partial charge in [0.1, 0.15) is 17.2 Å². The van der Waals surface area contributed by atoms with Crippen LogP contribution in [0.2, 0.25) is 0 Å². The first-order valence-corrected chi connectivity index (χ1v) is 10.1. The molecule has 0 saturated carbocycles. The summed E-state index contributed by atoms with van der Waals surface area (Å²) in [5.41, 5.74) is 8.20. The average molecular weight is 415 g/mol. The molecule has 1 saturated heterocycles. The lowest BCUT2D eigenvalue weighted by atomic mass is 10.00. The Balaban J connectivity index is 2.01. The summed E-state index contributed by atoms with van der Waals surface area (Å²) in [7, 11) is 3.28. The van der Waals surface area contributed by atoms with Crippen molar-refractivity contribution in [1.29, 1.82) is 0 Å². The number of methoxy groups -OCH3 is 2. The number of benzene rings is 2. The number of hydrogen-bond acceptors (Lipinski definition) is 6. The minimum atomic E-state index is -0.720. The molecule has 0 radical (unpaired) electrons. The normalized spacial score (nSPS) is 15.8. The van der Waals surface area contributed by atoms with Crippen LogP contribution in [-0.4, -0.2) is 57.4 Å². The second-order valence-corrected chi connectivity index (χ2v) is 7.26. The van der Waals surface area contributed by atoms with Crippen molar-refractivity contribution >= 4 is 5.91 Å². The minimum absolute atomic E-state index is 0.500. The lowest BCUT2D eigenvalue weighted by Gasteiger charge is -2.23. The SMILES string of the molecule is COc1cccc(OC)c1-c1ccc(OC(C)C(N)=O)c(CN2CCCOCC2)c1. The van der Waals surface area contributed by atoms with Gasteiger partial charge in [0, 0.05) is 31.8 Å².